The summed E-state index contributed by atoms with van der Waals surface area (Å²) in [5.41, 5.74) is 7.97. The Morgan fingerprint density at radius 3 is 2.89 bits per heavy atom. The molecule has 0 amide bonds. The van der Waals surface area contributed by atoms with Crippen LogP contribution in [0.1, 0.15) is 38.2 Å². The van der Waals surface area contributed by atoms with Crippen LogP contribution in [-0.2, 0) is 6.42 Å². The molecular formula is C16H23FN2. The molecule has 2 bridgehead atoms. The fourth-order valence-electron chi connectivity index (χ4n) is 3.67. The molecule has 3 atom stereocenters. The third kappa shape index (κ3) is 2.36. The summed E-state index contributed by atoms with van der Waals surface area (Å²) in [4.78, 5) is 2.31. The average molecular weight is 262 g/mol. The predicted molar refractivity (Wildman–Crippen MR) is 76.8 cm³/mol. The Labute approximate surface area is 114 Å². The molecular weight excluding hydrogens is 239 g/mol. The highest BCUT2D eigenvalue weighted by atomic mass is 19.1. The van der Waals surface area contributed by atoms with Gasteiger partial charge in [0.15, 0.2) is 0 Å². The number of rotatable bonds is 4. The number of piperidine rings is 1. The van der Waals surface area contributed by atoms with E-state index in [2.05, 4.69) is 11.8 Å². The van der Waals surface area contributed by atoms with E-state index in [9.17, 15) is 4.39 Å². The molecule has 1 saturated heterocycles. The van der Waals surface area contributed by atoms with Crippen LogP contribution in [0.25, 0.3) is 0 Å². The maximum atomic E-state index is 14.3. The van der Waals surface area contributed by atoms with E-state index >= 15 is 0 Å². The maximum Gasteiger partial charge on any atom is 0.146 e. The van der Waals surface area contributed by atoms with Crippen molar-refractivity contribution in [2.24, 2.45) is 11.7 Å². The summed E-state index contributed by atoms with van der Waals surface area (Å²) in [6.07, 6.45) is 5.49. The summed E-state index contributed by atoms with van der Waals surface area (Å²) in [5.74, 6) is 0.700. The molecule has 3 rings (SSSR count). The highest BCUT2D eigenvalue weighted by Crippen LogP contribution is 2.42. The second-order valence-electron chi connectivity index (χ2n) is 6.11. The van der Waals surface area contributed by atoms with Gasteiger partial charge in [0, 0.05) is 18.6 Å². The summed E-state index contributed by atoms with van der Waals surface area (Å²) >= 11 is 0. The first-order valence-electron chi connectivity index (χ1n) is 7.48. The van der Waals surface area contributed by atoms with Gasteiger partial charge in [0.05, 0.1) is 5.69 Å². The highest BCUT2D eigenvalue weighted by molar-refractivity contribution is 5.57. The Balaban J connectivity index is 1.91. The van der Waals surface area contributed by atoms with Crippen LogP contribution in [0.15, 0.2) is 18.2 Å². The van der Waals surface area contributed by atoms with Crippen molar-refractivity contribution in [2.45, 2.75) is 51.1 Å². The molecule has 2 N–H and O–H groups in total. The van der Waals surface area contributed by atoms with Gasteiger partial charge in [-0.3, -0.25) is 0 Å². The third-order valence-corrected chi connectivity index (χ3v) is 4.77. The van der Waals surface area contributed by atoms with Gasteiger partial charge in [-0.1, -0.05) is 19.1 Å². The van der Waals surface area contributed by atoms with Crippen LogP contribution >= 0.6 is 0 Å². The van der Waals surface area contributed by atoms with Gasteiger partial charge in [0.25, 0.3) is 0 Å². The standard InChI is InChI=1S/C16H23FN2/c1-2-13(18)9-12-4-3-5-15(17)16(12)19-10-11-6-7-14(19)8-11/h3-5,11,13-14H,2,6-10,18H2,1H3. The molecule has 1 aliphatic heterocycles. The summed E-state index contributed by atoms with van der Waals surface area (Å²) in [7, 11) is 0. The van der Waals surface area contributed by atoms with Crippen molar-refractivity contribution in [3.8, 4) is 0 Å². The number of benzene rings is 1. The zero-order valence-corrected chi connectivity index (χ0v) is 11.6. The number of halogens is 1. The van der Waals surface area contributed by atoms with Gasteiger partial charge in [0.2, 0.25) is 0 Å². The predicted octanol–water partition coefficient (Wildman–Crippen LogP) is 3.09. The molecule has 3 unspecified atom stereocenters. The molecule has 1 aromatic rings. The molecule has 1 aliphatic carbocycles. The quantitative estimate of drug-likeness (QED) is 0.903. The van der Waals surface area contributed by atoms with Crippen molar-refractivity contribution in [1.29, 1.82) is 0 Å². The lowest BCUT2D eigenvalue weighted by atomic mass is 10.0. The molecule has 104 valence electrons. The van der Waals surface area contributed by atoms with Crippen molar-refractivity contribution >= 4 is 5.69 Å². The van der Waals surface area contributed by atoms with Crippen LogP contribution in [0.3, 0.4) is 0 Å². The molecule has 2 fully saturated rings. The average Bonchev–Trinajstić information content (AvgIpc) is 3.01. The van der Waals surface area contributed by atoms with E-state index in [-0.39, 0.29) is 11.9 Å². The van der Waals surface area contributed by atoms with E-state index in [1.807, 2.05) is 12.1 Å². The van der Waals surface area contributed by atoms with E-state index in [1.54, 1.807) is 6.07 Å². The Morgan fingerprint density at radius 1 is 1.42 bits per heavy atom. The largest absolute Gasteiger partial charge is 0.366 e. The maximum absolute atomic E-state index is 14.3. The fourth-order valence-corrected chi connectivity index (χ4v) is 3.67. The third-order valence-electron chi connectivity index (χ3n) is 4.77. The molecule has 1 aromatic carbocycles. The molecule has 0 spiro atoms. The van der Waals surface area contributed by atoms with Gasteiger partial charge < -0.3 is 10.6 Å². The van der Waals surface area contributed by atoms with Crippen molar-refractivity contribution in [3.05, 3.63) is 29.6 Å². The molecule has 19 heavy (non-hydrogen) atoms. The summed E-state index contributed by atoms with van der Waals surface area (Å²) in [6.45, 7) is 3.11. The molecule has 1 saturated carbocycles. The van der Waals surface area contributed by atoms with Crippen LogP contribution in [0, 0.1) is 11.7 Å². The second kappa shape index (κ2) is 5.12. The first-order valence-corrected chi connectivity index (χ1v) is 7.48. The smallest absolute Gasteiger partial charge is 0.146 e. The monoisotopic (exact) mass is 262 g/mol. The van der Waals surface area contributed by atoms with Gasteiger partial charge in [0.1, 0.15) is 5.82 Å². The Bertz CT molecular complexity index is 460. The number of anilines is 1. The normalized spacial score (nSPS) is 27.0. The number of nitrogens with zero attached hydrogens (tertiary/aromatic N) is 1. The van der Waals surface area contributed by atoms with Gasteiger partial charge in [-0.15, -0.1) is 0 Å². The van der Waals surface area contributed by atoms with E-state index < -0.39 is 0 Å². The summed E-state index contributed by atoms with van der Waals surface area (Å²) < 4.78 is 14.3. The van der Waals surface area contributed by atoms with Crippen LogP contribution < -0.4 is 10.6 Å². The molecule has 0 radical (unpaired) electrons. The minimum Gasteiger partial charge on any atom is -0.366 e. The number of hydrogen-bond acceptors (Lipinski definition) is 2. The van der Waals surface area contributed by atoms with Crippen LogP contribution in [0.2, 0.25) is 0 Å². The lowest BCUT2D eigenvalue weighted by molar-refractivity contribution is 0.536. The van der Waals surface area contributed by atoms with E-state index in [0.29, 0.717) is 6.04 Å². The van der Waals surface area contributed by atoms with Gasteiger partial charge in [-0.25, -0.2) is 4.39 Å². The number of para-hydroxylation sites is 1. The first-order chi connectivity index (χ1) is 9.19. The molecule has 1 heterocycles. The van der Waals surface area contributed by atoms with Crippen LogP contribution in [0.4, 0.5) is 10.1 Å². The molecule has 0 aromatic heterocycles. The number of fused-ring (bicyclic) bond motifs is 2. The Morgan fingerprint density at radius 2 is 2.26 bits per heavy atom. The lowest BCUT2D eigenvalue weighted by Crippen LogP contribution is -2.34. The van der Waals surface area contributed by atoms with Gasteiger partial charge >= 0.3 is 0 Å². The molecule has 2 nitrogen and oxygen atoms in total. The van der Waals surface area contributed by atoms with Crippen LogP contribution in [0.5, 0.6) is 0 Å². The SMILES string of the molecule is CCC(N)Cc1cccc(F)c1N1CC2CCC1C2. The van der Waals surface area contributed by atoms with Crippen molar-refractivity contribution in [1.82, 2.24) is 0 Å². The number of nitrogens with two attached hydrogens (primary N) is 1. The first kappa shape index (κ1) is 12.9. The Hall–Kier alpha value is -1.09. The molecule has 3 heteroatoms. The van der Waals surface area contributed by atoms with Gasteiger partial charge in [-0.2, -0.15) is 0 Å². The van der Waals surface area contributed by atoms with Crippen molar-refractivity contribution in [2.75, 3.05) is 11.4 Å². The van der Waals surface area contributed by atoms with E-state index in [1.165, 1.54) is 19.3 Å². The second-order valence-corrected chi connectivity index (χ2v) is 6.11. The topological polar surface area (TPSA) is 29.3 Å². The van der Waals surface area contributed by atoms with Gasteiger partial charge in [-0.05, 0) is 49.7 Å². The van der Waals surface area contributed by atoms with Crippen molar-refractivity contribution < 1.29 is 4.39 Å². The van der Waals surface area contributed by atoms with E-state index in [4.69, 9.17) is 5.73 Å². The zero-order valence-electron chi connectivity index (χ0n) is 11.6. The minimum absolute atomic E-state index is 0.0756. The Kier molecular flexibility index (Phi) is 3.48. The zero-order chi connectivity index (χ0) is 13.4. The summed E-state index contributed by atoms with van der Waals surface area (Å²) in [5, 5.41) is 0. The lowest BCUT2D eigenvalue weighted by Gasteiger charge is -2.31. The van der Waals surface area contributed by atoms with E-state index in [0.717, 1.165) is 36.6 Å². The summed E-state index contributed by atoms with van der Waals surface area (Å²) in [6, 6.07) is 6.12. The highest BCUT2D eigenvalue weighted by Gasteiger charge is 2.39. The number of hydrogen-bond donors (Lipinski definition) is 1. The fraction of sp³-hybridized carbons (Fsp3) is 0.625. The van der Waals surface area contributed by atoms with Crippen molar-refractivity contribution in [3.63, 3.8) is 0 Å². The molecule has 2 aliphatic rings. The van der Waals surface area contributed by atoms with Crippen LogP contribution in [-0.4, -0.2) is 18.6 Å². The minimum atomic E-state index is -0.0756.